The van der Waals surface area contributed by atoms with Crippen LogP contribution in [0.1, 0.15) is 31.2 Å². The first-order valence-corrected chi connectivity index (χ1v) is 14.1. The highest BCUT2D eigenvalue weighted by Gasteiger charge is 2.40. The number of nitrogens with one attached hydrogen (secondary N) is 1. The van der Waals surface area contributed by atoms with Gasteiger partial charge in [0.15, 0.2) is 10.9 Å². The number of aromatic nitrogens is 3. The van der Waals surface area contributed by atoms with Gasteiger partial charge in [0, 0.05) is 41.7 Å². The number of alkyl halides is 3. The number of piperazine rings is 1. The molecule has 0 radical (unpaired) electrons. The van der Waals surface area contributed by atoms with Crippen molar-refractivity contribution in [1.29, 1.82) is 0 Å². The van der Waals surface area contributed by atoms with Gasteiger partial charge < -0.3 is 25.8 Å². The molecule has 2 aromatic heterocycles. The molecule has 4 heterocycles. The maximum absolute atomic E-state index is 16.5. The molecule has 4 aromatic rings. The van der Waals surface area contributed by atoms with Crippen molar-refractivity contribution in [2.45, 2.75) is 50.0 Å². The fourth-order valence-electron chi connectivity index (χ4n) is 6.18. The topological polar surface area (TPSA) is 109 Å². The smallest absolute Gasteiger partial charge is 0.417 e. The Morgan fingerprint density at radius 2 is 1.80 bits per heavy atom. The second-order valence-electron chi connectivity index (χ2n) is 11.0. The molecule has 2 saturated heterocycles. The quantitative estimate of drug-likeness (QED) is 0.282. The fraction of sp³-hybridized carbons (Fsp3) is 0.444. The van der Waals surface area contributed by atoms with Gasteiger partial charge in [0.25, 0.3) is 0 Å². The Labute approximate surface area is 234 Å². The van der Waals surface area contributed by atoms with Crippen LogP contribution in [-0.4, -0.2) is 57.9 Å². The normalized spacial score (nSPS) is 24.3. The van der Waals surface area contributed by atoms with Gasteiger partial charge in [-0.3, -0.25) is 0 Å². The minimum Gasteiger partial charge on any atom is -0.463 e. The van der Waals surface area contributed by atoms with Crippen molar-refractivity contribution in [2.75, 3.05) is 30.3 Å². The molecule has 8 nitrogen and oxygen atoms in total. The van der Waals surface area contributed by atoms with Crippen LogP contribution < -0.4 is 20.7 Å². The highest BCUT2D eigenvalue weighted by molar-refractivity contribution is 7.22. The number of hydrogen-bond donors (Lipinski definition) is 3. The summed E-state index contributed by atoms with van der Waals surface area (Å²) in [7, 11) is 0. The number of fused-ring (bicyclic) bond motifs is 4. The van der Waals surface area contributed by atoms with Crippen LogP contribution in [-0.2, 0) is 6.18 Å². The van der Waals surface area contributed by atoms with Gasteiger partial charge in [-0.2, -0.15) is 23.1 Å². The molecule has 2 bridgehead atoms. The van der Waals surface area contributed by atoms with Crippen LogP contribution in [0.4, 0.5) is 32.9 Å². The van der Waals surface area contributed by atoms with Gasteiger partial charge in [0.05, 0.1) is 28.5 Å². The molecule has 7 rings (SSSR count). The number of nitrogens with two attached hydrogens (primary N) is 1. The second kappa shape index (κ2) is 9.60. The van der Waals surface area contributed by atoms with E-state index >= 15 is 4.39 Å². The highest BCUT2D eigenvalue weighted by atomic mass is 32.1. The minimum atomic E-state index is -4.97. The molecule has 3 aliphatic rings. The first-order valence-electron chi connectivity index (χ1n) is 13.3. The third kappa shape index (κ3) is 4.61. The lowest BCUT2D eigenvalue weighted by atomic mass is 9.83. The van der Waals surface area contributed by atoms with Crippen LogP contribution >= 0.6 is 11.3 Å². The van der Waals surface area contributed by atoms with E-state index in [1.807, 2.05) is 4.90 Å². The number of aliphatic hydroxyl groups excluding tert-OH is 1. The Kier molecular flexibility index (Phi) is 6.21. The summed E-state index contributed by atoms with van der Waals surface area (Å²) in [5, 5.41) is 12.9. The summed E-state index contributed by atoms with van der Waals surface area (Å²) in [5.41, 5.74) is 2.97. The summed E-state index contributed by atoms with van der Waals surface area (Å²) in [4.78, 5) is 14.6. The van der Waals surface area contributed by atoms with Crippen molar-refractivity contribution in [1.82, 2.24) is 20.3 Å². The summed E-state index contributed by atoms with van der Waals surface area (Å²) >= 11 is 0.769. The van der Waals surface area contributed by atoms with Crippen LogP contribution in [0.25, 0.3) is 32.2 Å². The van der Waals surface area contributed by atoms with E-state index in [1.54, 1.807) is 0 Å². The largest absolute Gasteiger partial charge is 0.463 e. The van der Waals surface area contributed by atoms with Gasteiger partial charge >= 0.3 is 12.2 Å². The molecule has 2 unspecified atom stereocenters. The van der Waals surface area contributed by atoms with Crippen LogP contribution in [0.5, 0.6) is 6.01 Å². The number of nitrogens with zero attached hydrogens (tertiary/aromatic N) is 4. The van der Waals surface area contributed by atoms with Crippen molar-refractivity contribution < 1.29 is 31.8 Å². The molecule has 14 heteroatoms. The summed E-state index contributed by atoms with van der Waals surface area (Å²) in [6.07, 6.45) is -2.44. The Morgan fingerprint density at radius 1 is 1.07 bits per heavy atom. The molecule has 2 aromatic carbocycles. The molecular formula is C27H25F5N6O2S. The zero-order valence-corrected chi connectivity index (χ0v) is 22.3. The van der Waals surface area contributed by atoms with Crippen LogP contribution in [0.15, 0.2) is 18.2 Å². The van der Waals surface area contributed by atoms with E-state index < -0.39 is 35.0 Å². The van der Waals surface area contributed by atoms with Crippen molar-refractivity contribution in [3.8, 4) is 17.1 Å². The monoisotopic (exact) mass is 592 g/mol. The summed E-state index contributed by atoms with van der Waals surface area (Å²) < 4.78 is 80.6. The van der Waals surface area contributed by atoms with Crippen molar-refractivity contribution in [2.24, 2.45) is 5.92 Å². The van der Waals surface area contributed by atoms with Crippen LogP contribution in [0.2, 0.25) is 0 Å². The van der Waals surface area contributed by atoms with E-state index in [-0.39, 0.29) is 68.3 Å². The zero-order chi connectivity index (χ0) is 28.6. The third-order valence-corrected chi connectivity index (χ3v) is 9.05. The third-order valence-electron chi connectivity index (χ3n) is 8.15. The number of thiazole rings is 1. The van der Waals surface area contributed by atoms with Gasteiger partial charge in [-0.1, -0.05) is 11.3 Å². The van der Waals surface area contributed by atoms with E-state index in [1.165, 1.54) is 0 Å². The minimum absolute atomic E-state index is 0.0594. The molecule has 1 saturated carbocycles. The molecule has 4 N–H and O–H groups in total. The van der Waals surface area contributed by atoms with Crippen molar-refractivity contribution >= 4 is 43.4 Å². The first kappa shape index (κ1) is 26.5. The predicted molar refractivity (Wildman–Crippen MR) is 144 cm³/mol. The maximum atomic E-state index is 16.5. The van der Waals surface area contributed by atoms with Gasteiger partial charge in [0.1, 0.15) is 17.2 Å². The Balaban J connectivity index is 1.45. The molecule has 2 aliphatic heterocycles. The van der Waals surface area contributed by atoms with Crippen LogP contribution in [0.3, 0.4) is 0 Å². The Bertz CT molecular complexity index is 1660. The molecule has 3 fully saturated rings. The molecule has 1 aliphatic carbocycles. The number of benzene rings is 2. The molecule has 0 spiro atoms. The number of halogens is 5. The van der Waals surface area contributed by atoms with E-state index in [9.17, 15) is 22.7 Å². The summed E-state index contributed by atoms with van der Waals surface area (Å²) in [6.45, 7) is 1.15. The van der Waals surface area contributed by atoms with Gasteiger partial charge in [-0.15, -0.1) is 0 Å². The van der Waals surface area contributed by atoms with E-state index in [0.717, 1.165) is 42.4 Å². The Hall–Kier alpha value is -3.36. The average molecular weight is 593 g/mol. The number of rotatable bonds is 5. The second-order valence-corrected chi connectivity index (χ2v) is 12.0. The SMILES string of the molecule is Nc1nc2c(-c3c(C(F)(F)F)cc4c(N5CC6CCC(C5)N6)nc(OCC5CC(O)C5)nc4c3F)ccc(F)c2s1. The van der Waals surface area contributed by atoms with Crippen LogP contribution in [0, 0.1) is 17.6 Å². The fourth-order valence-corrected chi connectivity index (χ4v) is 6.94. The van der Waals surface area contributed by atoms with Crippen molar-refractivity contribution in [3.05, 3.63) is 35.4 Å². The summed E-state index contributed by atoms with van der Waals surface area (Å²) in [5.74, 6) is -1.73. The number of ether oxygens (including phenoxy) is 1. The van der Waals surface area contributed by atoms with E-state index in [2.05, 4.69) is 20.3 Å². The lowest BCUT2D eigenvalue weighted by molar-refractivity contribution is -0.137. The first-order chi connectivity index (χ1) is 19.5. The van der Waals surface area contributed by atoms with E-state index in [0.29, 0.717) is 25.9 Å². The zero-order valence-electron chi connectivity index (χ0n) is 21.5. The molecule has 0 amide bonds. The number of nitrogen functional groups attached to an aromatic ring is 1. The standard InChI is InChI=1S/C27H25F5N6O2S/c28-18-4-3-15(22-23(18)41-25(33)35-22)19-17(27(30,31)32)7-16-21(20(19)29)36-26(40-10-11-5-14(39)6-11)37-24(16)38-8-12-1-2-13(9-38)34-12/h3-4,7,11-14,34,39H,1-2,5-6,8-10H2,(H2,33,35). The molecular weight excluding hydrogens is 567 g/mol. The maximum Gasteiger partial charge on any atom is 0.417 e. The lowest BCUT2D eigenvalue weighted by Crippen LogP contribution is -2.51. The van der Waals surface area contributed by atoms with Gasteiger partial charge in [-0.25, -0.2) is 13.8 Å². The highest BCUT2D eigenvalue weighted by Crippen LogP contribution is 2.46. The average Bonchev–Trinajstić information content (AvgIpc) is 3.47. The predicted octanol–water partition coefficient (Wildman–Crippen LogP) is 4.88. The number of aliphatic hydroxyl groups is 1. The van der Waals surface area contributed by atoms with Gasteiger partial charge in [0.2, 0.25) is 0 Å². The lowest BCUT2D eigenvalue weighted by Gasteiger charge is -2.34. The van der Waals surface area contributed by atoms with E-state index in [4.69, 9.17) is 10.5 Å². The summed E-state index contributed by atoms with van der Waals surface area (Å²) in [6, 6.07) is 3.02. The number of hydrogen-bond acceptors (Lipinski definition) is 9. The molecule has 2 atom stereocenters. The van der Waals surface area contributed by atoms with Gasteiger partial charge in [-0.05, 0) is 49.8 Å². The number of anilines is 2. The molecule has 216 valence electrons. The Morgan fingerprint density at radius 3 is 2.49 bits per heavy atom. The van der Waals surface area contributed by atoms with Crippen molar-refractivity contribution in [3.63, 3.8) is 0 Å². The molecule has 41 heavy (non-hydrogen) atoms.